The molecule has 0 radical (unpaired) electrons. The third-order valence-corrected chi connectivity index (χ3v) is 4.05. The van der Waals surface area contributed by atoms with Gasteiger partial charge in [-0.1, -0.05) is 12.1 Å². The normalized spacial score (nSPS) is 16.9. The number of likely N-dealkylation sites (tertiary alicyclic amines) is 1. The Kier molecular flexibility index (Phi) is 8.16. The Morgan fingerprint density at radius 2 is 1.96 bits per heavy atom. The zero-order valence-corrected chi connectivity index (χ0v) is 14.1. The van der Waals surface area contributed by atoms with Crippen molar-refractivity contribution in [2.75, 3.05) is 26.7 Å². The molecule has 0 bridgehead atoms. The van der Waals surface area contributed by atoms with Crippen LogP contribution in [0, 0.1) is 5.92 Å². The van der Waals surface area contributed by atoms with Gasteiger partial charge in [-0.2, -0.15) is 0 Å². The summed E-state index contributed by atoms with van der Waals surface area (Å²) < 4.78 is 40.7. The Labute approximate surface area is 141 Å². The van der Waals surface area contributed by atoms with E-state index in [1.807, 2.05) is 13.1 Å². The maximum atomic E-state index is 12.2. The molecule has 1 aliphatic heterocycles. The number of halogens is 4. The van der Waals surface area contributed by atoms with Crippen LogP contribution < -0.4 is 10.1 Å². The number of alkyl halides is 3. The van der Waals surface area contributed by atoms with Gasteiger partial charge >= 0.3 is 6.36 Å². The largest absolute Gasteiger partial charge is 0.573 e. The molecule has 0 amide bonds. The molecule has 0 aliphatic carbocycles. The first kappa shape index (κ1) is 20.1. The van der Waals surface area contributed by atoms with E-state index in [2.05, 4.69) is 15.0 Å². The third kappa shape index (κ3) is 7.42. The molecule has 2 rings (SSSR count). The summed E-state index contributed by atoms with van der Waals surface area (Å²) in [7, 11) is 1.96. The number of ether oxygens (including phenoxy) is 1. The van der Waals surface area contributed by atoms with Crippen molar-refractivity contribution in [3.8, 4) is 5.75 Å². The summed E-state index contributed by atoms with van der Waals surface area (Å²) in [4.78, 5) is 2.29. The van der Waals surface area contributed by atoms with E-state index in [9.17, 15) is 13.2 Å². The second-order valence-electron chi connectivity index (χ2n) is 5.81. The third-order valence-electron chi connectivity index (χ3n) is 4.05. The summed E-state index contributed by atoms with van der Waals surface area (Å²) in [5.41, 5.74) is 0.857. The standard InChI is InChI=1S/C16H23F3N2O.ClH/c1-20-8-5-13-6-9-21(10-7-13)12-14-3-2-4-15(11-14)22-16(17,18)19;/h2-4,11,13,20H,5-10,12H2,1H3;1H. The van der Waals surface area contributed by atoms with Crippen molar-refractivity contribution < 1.29 is 17.9 Å². The zero-order chi connectivity index (χ0) is 16.0. The lowest BCUT2D eigenvalue weighted by molar-refractivity contribution is -0.274. The molecule has 0 unspecified atom stereocenters. The van der Waals surface area contributed by atoms with E-state index < -0.39 is 6.36 Å². The summed E-state index contributed by atoms with van der Waals surface area (Å²) in [5.74, 6) is 0.609. The first-order valence-electron chi connectivity index (χ1n) is 7.68. The molecular formula is C16H24ClF3N2O. The molecule has 3 nitrogen and oxygen atoms in total. The Balaban J connectivity index is 0.00000264. The van der Waals surface area contributed by atoms with Crippen molar-refractivity contribution in [3.63, 3.8) is 0 Å². The van der Waals surface area contributed by atoms with Gasteiger partial charge in [0.1, 0.15) is 5.75 Å². The highest BCUT2D eigenvalue weighted by molar-refractivity contribution is 5.85. The number of nitrogens with zero attached hydrogens (tertiary/aromatic N) is 1. The highest BCUT2D eigenvalue weighted by Crippen LogP contribution is 2.25. The number of rotatable bonds is 6. The molecule has 1 N–H and O–H groups in total. The number of piperidine rings is 1. The highest BCUT2D eigenvalue weighted by atomic mass is 35.5. The Morgan fingerprint density at radius 3 is 2.57 bits per heavy atom. The summed E-state index contributed by atoms with van der Waals surface area (Å²) in [6.45, 7) is 3.72. The van der Waals surface area contributed by atoms with Gasteiger partial charge in [-0.05, 0) is 69.6 Å². The van der Waals surface area contributed by atoms with Crippen LogP contribution in [0.25, 0.3) is 0 Å². The van der Waals surface area contributed by atoms with Gasteiger partial charge in [-0.3, -0.25) is 4.90 Å². The second kappa shape index (κ2) is 9.35. The quantitative estimate of drug-likeness (QED) is 0.842. The SMILES string of the molecule is CNCCC1CCN(Cc2cccc(OC(F)(F)F)c2)CC1.Cl. The van der Waals surface area contributed by atoms with Crippen molar-refractivity contribution in [1.82, 2.24) is 10.2 Å². The monoisotopic (exact) mass is 352 g/mol. The molecule has 1 aliphatic rings. The lowest BCUT2D eigenvalue weighted by atomic mass is 9.93. The summed E-state index contributed by atoms with van der Waals surface area (Å²) in [5, 5.41) is 3.17. The molecule has 0 aromatic heterocycles. The number of hydrogen-bond acceptors (Lipinski definition) is 3. The van der Waals surface area contributed by atoms with Crippen LogP contribution in [0.3, 0.4) is 0 Å². The summed E-state index contributed by atoms with van der Waals surface area (Å²) in [6, 6.07) is 6.26. The molecule has 0 saturated carbocycles. The van der Waals surface area contributed by atoms with Crippen molar-refractivity contribution in [3.05, 3.63) is 29.8 Å². The van der Waals surface area contributed by atoms with Gasteiger partial charge in [0, 0.05) is 6.54 Å². The number of hydrogen-bond donors (Lipinski definition) is 1. The summed E-state index contributed by atoms with van der Waals surface area (Å²) >= 11 is 0. The molecule has 1 saturated heterocycles. The van der Waals surface area contributed by atoms with E-state index in [1.165, 1.54) is 18.6 Å². The fraction of sp³-hybridized carbons (Fsp3) is 0.625. The predicted octanol–water partition coefficient (Wildman–Crippen LogP) is 3.83. The molecule has 1 fully saturated rings. The van der Waals surface area contributed by atoms with Crippen LogP contribution in [0.5, 0.6) is 5.75 Å². The van der Waals surface area contributed by atoms with Crippen molar-refractivity contribution >= 4 is 12.4 Å². The zero-order valence-electron chi connectivity index (χ0n) is 13.2. The maximum absolute atomic E-state index is 12.2. The van der Waals surface area contributed by atoms with Gasteiger partial charge in [-0.25, -0.2) is 0 Å². The van der Waals surface area contributed by atoms with Crippen LogP contribution in [0.15, 0.2) is 24.3 Å². The van der Waals surface area contributed by atoms with Gasteiger partial charge in [0.25, 0.3) is 0 Å². The van der Waals surface area contributed by atoms with E-state index in [0.29, 0.717) is 6.54 Å². The fourth-order valence-electron chi connectivity index (χ4n) is 2.88. The Bertz CT molecular complexity index is 463. The Hall–Kier alpha value is -0.980. The van der Waals surface area contributed by atoms with Crippen LogP contribution in [-0.4, -0.2) is 37.9 Å². The molecule has 1 aromatic carbocycles. The van der Waals surface area contributed by atoms with Gasteiger partial charge < -0.3 is 10.1 Å². The average molecular weight is 353 g/mol. The van der Waals surface area contributed by atoms with Crippen molar-refractivity contribution in [1.29, 1.82) is 0 Å². The lowest BCUT2D eigenvalue weighted by Gasteiger charge is -2.32. The van der Waals surface area contributed by atoms with Crippen LogP contribution in [-0.2, 0) is 6.54 Å². The van der Waals surface area contributed by atoms with E-state index in [1.54, 1.807) is 6.07 Å². The lowest BCUT2D eigenvalue weighted by Crippen LogP contribution is -2.34. The van der Waals surface area contributed by atoms with E-state index in [4.69, 9.17) is 0 Å². The maximum Gasteiger partial charge on any atom is 0.573 e. The van der Waals surface area contributed by atoms with E-state index in [0.717, 1.165) is 44.0 Å². The van der Waals surface area contributed by atoms with Gasteiger partial charge in [0.05, 0.1) is 0 Å². The highest BCUT2D eigenvalue weighted by Gasteiger charge is 2.31. The van der Waals surface area contributed by atoms with Crippen LogP contribution in [0.2, 0.25) is 0 Å². The first-order chi connectivity index (χ1) is 10.5. The van der Waals surface area contributed by atoms with E-state index >= 15 is 0 Å². The predicted molar refractivity (Wildman–Crippen MR) is 86.9 cm³/mol. The van der Waals surface area contributed by atoms with E-state index in [-0.39, 0.29) is 18.2 Å². The fourth-order valence-corrected chi connectivity index (χ4v) is 2.88. The van der Waals surface area contributed by atoms with Crippen LogP contribution >= 0.6 is 12.4 Å². The van der Waals surface area contributed by atoms with Gasteiger partial charge in [-0.15, -0.1) is 25.6 Å². The average Bonchev–Trinajstić information content (AvgIpc) is 2.45. The van der Waals surface area contributed by atoms with Gasteiger partial charge in [0.2, 0.25) is 0 Å². The molecule has 7 heteroatoms. The first-order valence-corrected chi connectivity index (χ1v) is 7.68. The molecular weight excluding hydrogens is 329 g/mol. The number of benzene rings is 1. The molecule has 1 heterocycles. The van der Waals surface area contributed by atoms with Gasteiger partial charge in [0.15, 0.2) is 0 Å². The topological polar surface area (TPSA) is 24.5 Å². The smallest absolute Gasteiger partial charge is 0.406 e. The van der Waals surface area contributed by atoms with Crippen molar-refractivity contribution in [2.24, 2.45) is 5.92 Å². The minimum absolute atomic E-state index is 0. The second-order valence-corrected chi connectivity index (χ2v) is 5.81. The molecule has 1 aromatic rings. The Morgan fingerprint density at radius 1 is 1.26 bits per heavy atom. The summed E-state index contributed by atoms with van der Waals surface area (Å²) in [6.07, 6.45) is -1.13. The minimum Gasteiger partial charge on any atom is -0.406 e. The van der Waals surface area contributed by atoms with Crippen molar-refractivity contribution in [2.45, 2.75) is 32.2 Å². The number of nitrogens with one attached hydrogen (secondary N) is 1. The van der Waals surface area contributed by atoms with Crippen LogP contribution in [0.1, 0.15) is 24.8 Å². The molecule has 0 spiro atoms. The molecule has 23 heavy (non-hydrogen) atoms. The van der Waals surface area contributed by atoms with Crippen LogP contribution in [0.4, 0.5) is 13.2 Å². The molecule has 0 atom stereocenters. The minimum atomic E-state index is -4.63. The molecule has 132 valence electrons.